The lowest BCUT2D eigenvalue weighted by molar-refractivity contribution is -0.142. The summed E-state index contributed by atoms with van der Waals surface area (Å²) in [4.78, 5) is 12.3. The number of sulfonamides is 1. The third kappa shape index (κ3) is 1.99. The van der Waals surface area contributed by atoms with Gasteiger partial charge in [-0.2, -0.15) is 4.31 Å². The number of hydrogen-bond acceptors (Lipinski definition) is 4. The molecule has 0 radical (unpaired) electrons. The van der Waals surface area contributed by atoms with Gasteiger partial charge in [0.25, 0.3) is 10.0 Å². The molecule has 0 spiro atoms. The second-order valence-corrected chi connectivity index (χ2v) is 8.63. The van der Waals surface area contributed by atoms with Gasteiger partial charge in [-0.1, -0.05) is 6.92 Å². The van der Waals surface area contributed by atoms with Crippen molar-refractivity contribution in [2.75, 3.05) is 0 Å². The largest absolute Gasteiger partial charge is 0.481 e. The minimum absolute atomic E-state index is 0.140. The van der Waals surface area contributed by atoms with E-state index in [1.54, 1.807) is 6.07 Å². The Morgan fingerprint density at radius 2 is 2.20 bits per heavy atom. The van der Waals surface area contributed by atoms with Gasteiger partial charge in [0.2, 0.25) is 0 Å². The van der Waals surface area contributed by atoms with Crippen LogP contribution in [-0.2, 0) is 21.2 Å². The van der Waals surface area contributed by atoms with Crippen LogP contribution in [0.5, 0.6) is 0 Å². The Balaban J connectivity index is 1.94. The van der Waals surface area contributed by atoms with E-state index in [1.807, 2.05) is 13.0 Å². The van der Waals surface area contributed by atoms with E-state index in [4.69, 9.17) is 0 Å². The molecule has 2 aliphatic heterocycles. The summed E-state index contributed by atoms with van der Waals surface area (Å²) in [6, 6.07) is 2.98. The maximum absolute atomic E-state index is 12.7. The molecular formula is C13H17NO4S2. The van der Waals surface area contributed by atoms with Gasteiger partial charge in [-0.25, -0.2) is 8.42 Å². The fourth-order valence-corrected chi connectivity index (χ4v) is 6.69. The van der Waals surface area contributed by atoms with Gasteiger partial charge in [0, 0.05) is 17.0 Å². The lowest BCUT2D eigenvalue weighted by atomic mass is 9.89. The number of thiophene rings is 1. The Hall–Kier alpha value is -0.920. The van der Waals surface area contributed by atoms with E-state index in [0.29, 0.717) is 17.1 Å². The summed E-state index contributed by atoms with van der Waals surface area (Å²) in [5, 5.41) is 9.21. The van der Waals surface area contributed by atoms with Crippen LogP contribution < -0.4 is 0 Å². The normalized spacial score (nSPS) is 29.9. The van der Waals surface area contributed by atoms with Crippen molar-refractivity contribution in [3.63, 3.8) is 0 Å². The van der Waals surface area contributed by atoms with E-state index in [9.17, 15) is 18.3 Å². The summed E-state index contributed by atoms with van der Waals surface area (Å²) in [5.74, 6) is -1.42. The second-order valence-electron chi connectivity index (χ2n) is 5.39. The fraction of sp³-hybridized carbons (Fsp3) is 0.615. The smallest absolute Gasteiger partial charge is 0.308 e. The Morgan fingerprint density at radius 1 is 1.45 bits per heavy atom. The zero-order chi connectivity index (χ0) is 14.5. The number of carboxylic acids is 1. The van der Waals surface area contributed by atoms with Crippen molar-refractivity contribution in [1.29, 1.82) is 0 Å². The molecule has 1 N–H and O–H groups in total. The molecule has 0 amide bonds. The summed E-state index contributed by atoms with van der Waals surface area (Å²) in [6.45, 7) is 1.99. The van der Waals surface area contributed by atoms with E-state index in [1.165, 1.54) is 15.6 Å². The molecule has 2 fully saturated rings. The van der Waals surface area contributed by atoms with Crippen LogP contribution >= 0.6 is 11.3 Å². The van der Waals surface area contributed by atoms with Gasteiger partial charge in [-0.15, -0.1) is 11.3 Å². The van der Waals surface area contributed by atoms with Crippen LogP contribution in [-0.4, -0.2) is 35.9 Å². The molecule has 3 unspecified atom stereocenters. The van der Waals surface area contributed by atoms with Crippen LogP contribution in [0.25, 0.3) is 0 Å². The molecule has 3 rings (SSSR count). The molecule has 3 heterocycles. The molecule has 2 saturated heterocycles. The average Bonchev–Trinajstić information content (AvgIpc) is 3.12. The molecule has 20 heavy (non-hydrogen) atoms. The summed E-state index contributed by atoms with van der Waals surface area (Å²) in [6.07, 6.45) is 2.70. The highest BCUT2D eigenvalue weighted by atomic mass is 32.2. The van der Waals surface area contributed by atoms with E-state index in [2.05, 4.69) is 0 Å². The van der Waals surface area contributed by atoms with Crippen LogP contribution in [0.4, 0.5) is 0 Å². The Labute approximate surface area is 122 Å². The van der Waals surface area contributed by atoms with E-state index >= 15 is 0 Å². The van der Waals surface area contributed by atoms with Crippen molar-refractivity contribution in [2.24, 2.45) is 5.92 Å². The molecule has 0 aromatic carbocycles. The highest BCUT2D eigenvalue weighted by molar-refractivity contribution is 7.91. The molecular weight excluding hydrogens is 298 g/mol. The van der Waals surface area contributed by atoms with E-state index in [-0.39, 0.29) is 12.1 Å². The number of aliphatic carboxylic acids is 1. The topological polar surface area (TPSA) is 74.7 Å². The maximum atomic E-state index is 12.7. The molecule has 1 aromatic rings. The first kappa shape index (κ1) is 14.0. The van der Waals surface area contributed by atoms with Gasteiger partial charge in [-0.05, 0) is 37.8 Å². The number of aryl methyl sites for hydroxylation is 1. The van der Waals surface area contributed by atoms with Crippen molar-refractivity contribution in [3.05, 3.63) is 17.0 Å². The molecule has 7 heteroatoms. The number of nitrogens with zero attached hydrogens (tertiary/aromatic N) is 1. The second kappa shape index (κ2) is 4.82. The van der Waals surface area contributed by atoms with Crippen LogP contribution in [0.15, 0.2) is 16.3 Å². The van der Waals surface area contributed by atoms with Crippen molar-refractivity contribution in [3.8, 4) is 0 Å². The quantitative estimate of drug-likeness (QED) is 0.921. The first-order valence-electron chi connectivity index (χ1n) is 6.80. The molecule has 1 aromatic heterocycles. The highest BCUT2D eigenvalue weighted by Crippen LogP contribution is 2.45. The molecule has 0 aliphatic carbocycles. The number of carbonyl (C=O) groups is 1. The third-order valence-electron chi connectivity index (χ3n) is 4.31. The zero-order valence-electron chi connectivity index (χ0n) is 11.2. The standard InChI is InChI=1S/C13H17NO4S2/c1-2-9-4-6-12(19-9)20(17,18)14-8-3-5-11(14)10(7-8)13(15)16/h4,6,8,10-11H,2-3,5,7H2,1H3,(H,15,16). The number of hydrogen-bond donors (Lipinski definition) is 1. The van der Waals surface area contributed by atoms with Gasteiger partial charge >= 0.3 is 5.97 Å². The minimum atomic E-state index is -3.54. The van der Waals surface area contributed by atoms with Crippen molar-refractivity contribution < 1.29 is 18.3 Å². The van der Waals surface area contributed by atoms with Crippen molar-refractivity contribution in [1.82, 2.24) is 4.31 Å². The Kier molecular flexibility index (Phi) is 3.38. The zero-order valence-corrected chi connectivity index (χ0v) is 12.8. The number of rotatable bonds is 4. The average molecular weight is 315 g/mol. The molecule has 2 bridgehead atoms. The molecule has 0 saturated carbocycles. The predicted octanol–water partition coefficient (Wildman–Crippen LogP) is 1.94. The van der Waals surface area contributed by atoms with Crippen LogP contribution in [0, 0.1) is 5.92 Å². The first-order valence-corrected chi connectivity index (χ1v) is 9.06. The third-order valence-corrected chi connectivity index (χ3v) is 7.98. The fourth-order valence-electron chi connectivity index (χ4n) is 3.37. The van der Waals surface area contributed by atoms with Crippen molar-refractivity contribution in [2.45, 2.75) is 48.9 Å². The van der Waals surface area contributed by atoms with E-state index in [0.717, 1.165) is 17.7 Å². The first-order chi connectivity index (χ1) is 9.45. The predicted molar refractivity (Wildman–Crippen MR) is 75.3 cm³/mol. The number of carboxylic acid groups (broad SMARTS) is 1. The molecule has 110 valence electrons. The van der Waals surface area contributed by atoms with Gasteiger partial charge in [0.15, 0.2) is 0 Å². The van der Waals surface area contributed by atoms with E-state index < -0.39 is 21.9 Å². The summed E-state index contributed by atoms with van der Waals surface area (Å²) < 4.78 is 27.3. The highest BCUT2D eigenvalue weighted by Gasteiger charge is 2.54. The van der Waals surface area contributed by atoms with Gasteiger partial charge in [-0.3, -0.25) is 4.79 Å². The minimum Gasteiger partial charge on any atom is -0.481 e. The van der Waals surface area contributed by atoms with Crippen LogP contribution in [0.1, 0.15) is 31.1 Å². The monoisotopic (exact) mass is 315 g/mol. The van der Waals surface area contributed by atoms with Gasteiger partial charge < -0.3 is 5.11 Å². The lowest BCUT2D eigenvalue weighted by Gasteiger charge is -2.21. The summed E-state index contributed by atoms with van der Waals surface area (Å²) in [5.41, 5.74) is 0. The Bertz CT molecular complexity index is 637. The molecule has 5 nitrogen and oxygen atoms in total. The Morgan fingerprint density at radius 3 is 2.75 bits per heavy atom. The van der Waals surface area contributed by atoms with Gasteiger partial charge in [0.05, 0.1) is 5.92 Å². The summed E-state index contributed by atoms with van der Waals surface area (Å²) in [7, 11) is -3.54. The van der Waals surface area contributed by atoms with Crippen molar-refractivity contribution >= 4 is 27.3 Å². The van der Waals surface area contributed by atoms with Crippen LogP contribution in [0.3, 0.4) is 0 Å². The van der Waals surface area contributed by atoms with Crippen LogP contribution in [0.2, 0.25) is 0 Å². The van der Waals surface area contributed by atoms with Gasteiger partial charge in [0.1, 0.15) is 4.21 Å². The maximum Gasteiger partial charge on any atom is 0.308 e. The summed E-state index contributed by atoms with van der Waals surface area (Å²) >= 11 is 1.29. The SMILES string of the molecule is CCc1ccc(S(=O)(=O)N2C3CCC2C(C(=O)O)C3)s1. The molecule has 2 aliphatic rings. The molecule has 3 atom stereocenters. The lowest BCUT2D eigenvalue weighted by Crippen LogP contribution is -2.37. The number of fused-ring (bicyclic) bond motifs is 2.